The molecular weight excluding hydrogens is 337 g/mol. The minimum absolute atomic E-state index is 0.246. The molecule has 0 atom stereocenters. The first-order chi connectivity index (χ1) is 8.49. The fraction of sp³-hybridized carbons (Fsp3) is 0.0833. The summed E-state index contributed by atoms with van der Waals surface area (Å²) < 4.78 is 1.01. The van der Waals surface area contributed by atoms with Gasteiger partial charge < -0.3 is 11.1 Å². The summed E-state index contributed by atoms with van der Waals surface area (Å²) in [6.45, 7) is 1.99. The van der Waals surface area contributed by atoms with E-state index in [1.54, 1.807) is 6.07 Å². The van der Waals surface area contributed by atoms with Crippen molar-refractivity contribution in [1.29, 1.82) is 0 Å². The zero-order chi connectivity index (χ0) is 13.3. The Labute approximate surface area is 123 Å². The molecule has 6 heteroatoms. The van der Waals surface area contributed by atoms with Crippen LogP contribution in [0.4, 0.5) is 17.3 Å². The van der Waals surface area contributed by atoms with E-state index in [1.165, 1.54) is 0 Å². The summed E-state index contributed by atoms with van der Waals surface area (Å²) in [5, 5.41) is 3.91. The van der Waals surface area contributed by atoms with Crippen LogP contribution in [-0.2, 0) is 0 Å². The molecule has 0 saturated carbocycles. The Balaban J connectivity index is 2.40. The third-order valence-corrected chi connectivity index (χ3v) is 3.93. The molecule has 0 aliphatic heterocycles. The van der Waals surface area contributed by atoms with Crippen molar-refractivity contribution in [3.8, 4) is 0 Å². The van der Waals surface area contributed by atoms with Gasteiger partial charge in [0.25, 0.3) is 0 Å². The molecule has 0 fully saturated rings. The standard InChI is InChI=1S/C12H10BrCl2N3/c1-6-7(13)3-2-4-10(6)17-12-9(15)5-8(14)11(16)18-12/h2-5H,1H3,(H3,16,17,18). The van der Waals surface area contributed by atoms with Crippen molar-refractivity contribution in [2.24, 2.45) is 0 Å². The number of hydrogen-bond acceptors (Lipinski definition) is 3. The molecular formula is C12H10BrCl2N3. The van der Waals surface area contributed by atoms with E-state index in [0.717, 1.165) is 15.7 Å². The van der Waals surface area contributed by atoms with Crippen LogP contribution in [0.1, 0.15) is 5.56 Å². The average molecular weight is 347 g/mol. The van der Waals surface area contributed by atoms with Crippen LogP contribution in [0.5, 0.6) is 0 Å². The van der Waals surface area contributed by atoms with Gasteiger partial charge in [-0.15, -0.1) is 0 Å². The van der Waals surface area contributed by atoms with E-state index in [2.05, 4.69) is 26.2 Å². The highest BCUT2D eigenvalue weighted by atomic mass is 79.9. The lowest BCUT2D eigenvalue weighted by Crippen LogP contribution is -2.00. The van der Waals surface area contributed by atoms with E-state index in [9.17, 15) is 0 Å². The second-order valence-electron chi connectivity index (χ2n) is 3.72. The third kappa shape index (κ3) is 2.71. The van der Waals surface area contributed by atoms with E-state index in [0.29, 0.717) is 15.9 Å². The van der Waals surface area contributed by atoms with Crippen molar-refractivity contribution in [3.05, 3.63) is 44.3 Å². The van der Waals surface area contributed by atoms with Crippen LogP contribution in [-0.4, -0.2) is 4.98 Å². The van der Waals surface area contributed by atoms with Crippen LogP contribution in [0.3, 0.4) is 0 Å². The van der Waals surface area contributed by atoms with Crippen molar-refractivity contribution in [2.75, 3.05) is 11.1 Å². The lowest BCUT2D eigenvalue weighted by Gasteiger charge is -2.12. The maximum atomic E-state index is 6.07. The molecule has 0 bridgehead atoms. The molecule has 0 radical (unpaired) electrons. The number of benzene rings is 1. The number of nitrogen functional groups attached to an aromatic ring is 1. The normalized spacial score (nSPS) is 10.4. The SMILES string of the molecule is Cc1c(Br)cccc1Nc1nc(N)c(Cl)cc1Cl. The molecule has 1 aromatic carbocycles. The van der Waals surface area contributed by atoms with Gasteiger partial charge in [-0.05, 0) is 30.7 Å². The molecule has 3 N–H and O–H groups in total. The van der Waals surface area contributed by atoms with Crippen molar-refractivity contribution in [2.45, 2.75) is 6.92 Å². The molecule has 0 aliphatic rings. The van der Waals surface area contributed by atoms with E-state index >= 15 is 0 Å². The first-order valence-electron chi connectivity index (χ1n) is 5.12. The Hall–Kier alpha value is -0.970. The van der Waals surface area contributed by atoms with Gasteiger partial charge >= 0.3 is 0 Å². The number of hydrogen-bond donors (Lipinski definition) is 2. The van der Waals surface area contributed by atoms with Gasteiger partial charge in [0.2, 0.25) is 0 Å². The number of nitrogens with two attached hydrogens (primary N) is 1. The first kappa shape index (κ1) is 13.5. The van der Waals surface area contributed by atoms with Gasteiger partial charge in [0.1, 0.15) is 5.82 Å². The minimum Gasteiger partial charge on any atom is -0.382 e. The topological polar surface area (TPSA) is 50.9 Å². The van der Waals surface area contributed by atoms with Crippen LogP contribution in [0.15, 0.2) is 28.7 Å². The van der Waals surface area contributed by atoms with Crippen molar-refractivity contribution >= 4 is 56.5 Å². The highest BCUT2D eigenvalue weighted by Gasteiger charge is 2.09. The summed E-state index contributed by atoms with van der Waals surface area (Å²) >= 11 is 15.4. The monoisotopic (exact) mass is 345 g/mol. The van der Waals surface area contributed by atoms with E-state index in [1.807, 2.05) is 25.1 Å². The molecule has 2 rings (SSSR count). The summed E-state index contributed by atoms with van der Waals surface area (Å²) in [4.78, 5) is 4.13. The molecule has 18 heavy (non-hydrogen) atoms. The van der Waals surface area contributed by atoms with Gasteiger partial charge in [-0.2, -0.15) is 0 Å². The van der Waals surface area contributed by atoms with Crippen molar-refractivity contribution in [1.82, 2.24) is 4.98 Å². The molecule has 1 heterocycles. The van der Waals surface area contributed by atoms with Gasteiger partial charge in [0, 0.05) is 10.2 Å². The minimum atomic E-state index is 0.246. The van der Waals surface area contributed by atoms with Crippen LogP contribution in [0, 0.1) is 6.92 Å². The first-order valence-corrected chi connectivity index (χ1v) is 6.67. The number of nitrogens with zero attached hydrogens (tertiary/aromatic N) is 1. The van der Waals surface area contributed by atoms with Gasteiger partial charge in [-0.25, -0.2) is 4.98 Å². The van der Waals surface area contributed by atoms with Crippen LogP contribution in [0.25, 0.3) is 0 Å². The van der Waals surface area contributed by atoms with Gasteiger partial charge in [0.05, 0.1) is 10.0 Å². The summed E-state index contributed by atoms with van der Waals surface area (Å²) in [5.74, 6) is 0.732. The van der Waals surface area contributed by atoms with Crippen LogP contribution in [0.2, 0.25) is 10.0 Å². The average Bonchev–Trinajstić information content (AvgIpc) is 2.32. The molecule has 94 valence electrons. The van der Waals surface area contributed by atoms with E-state index < -0.39 is 0 Å². The summed E-state index contributed by atoms with van der Waals surface area (Å²) in [6, 6.07) is 7.39. The van der Waals surface area contributed by atoms with Crippen molar-refractivity contribution in [3.63, 3.8) is 0 Å². The molecule has 1 aromatic heterocycles. The lowest BCUT2D eigenvalue weighted by atomic mass is 10.2. The smallest absolute Gasteiger partial charge is 0.151 e. The quantitative estimate of drug-likeness (QED) is 0.822. The Morgan fingerprint density at radius 3 is 2.72 bits per heavy atom. The maximum Gasteiger partial charge on any atom is 0.151 e. The largest absolute Gasteiger partial charge is 0.382 e. The fourth-order valence-corrected chi connectivity index (χ4v) is 2.21. The predicted molar refractivity (Wildman–Crippen MR) is 80.8 cm³/mol. The Kier molecular flexibility index (Phi) is 4.00. The lowest BCUT2D eigenvalue weighted by molar-refractivity contribution is 1.30. The Bertz CT molecular complexity index is 602. The fourth-order valence-electron chi connectivity index (χ4n) is 1.44. The molecule has 0 amide bonds. The molecule has 0 saturated heterocycles. The molecule has 0 unspecified atom stereocenters. The number of aromatic nitrogens is 1. The molecule has 3 nitrogen and oxygen atoms in total. The number of nitrogens with one attached hydrogen (secondary N) is 1. The summed E-state index contributed by atoms with van der Waals surface area (Å²) in [7, 11) is 0. The van der Waals surface area contributed by atoms with Crippen LogP contribution >= 0.6 is 39.1 Å². The highest BCUT2D eigenvalue weighted by Crippen LogP contribution is 2.32. The maximum absolute atomic E-state index is 6.07. The Morgan fingerprint density at radius 1 is 1.28 bits per heavy atom. The highest BCUT2D eigenvalue weighted by molar-refractivity contribution is 9.10. The molecule has 0 spiro atoms. The van der Waals surface area contributed by atoms with Crippen LogP contribution < -0.4 is 11.1 Å². The second-order valence-corrected chi connectivity index (χ2v) is 5.39. The second kappa shape index (κ2) is 5.34. The number of halogens is 3. The zero-order valence-corrected chi connectivity index (χ0v) is 12.6. The van der Waals surface area contributed by atoms with E-state index in [-0.39, 0.29) is 5.82 Å². The van der Waals surface area contributed by atoms with E-state index in [4.69, 9.17) is 28.9 Å². The number of anilines is 3. The third-order valence-electron chi connectivity index (χ3n) is 2.48. The molecule has 2 aromatic rings. The number of pyridine rings is 1. The van der Waals surface area contributed by atoms with Gasteiger partial charge in [-0.1, -0.05) is 45.2 Å². The molecule has 0 aliphatic carbocycles. The zero-order valence-electron chi connectivity index (χ0n) is 9.47. The summed E-state index contributed by atoms with van der Waals surface area (Å²) in [6.07, 6.45) is 0. The van der Waals surface area contributed by atoms with Gasteiger partial charge in [-0.3, -0.25) is 0 Å². The van der Waals surface area contributed by atoms with Gasteiger partial charge in [0.15, 0.2) is 5.82 Å². The predicted octanol–water partition coefficient (Wildman–Crippen LogP) is 4.79. The van der Waals surface area contributed by atoms with Crippen molar-refractivity contribution < 1.29 is 0 Å². The number of rotatable bonds is 2. The summed E-state index contributed by atoms with van der Waals surface area (Å²) in [5.41, 5.74) is 7.62. The Morgan fingerprint density at radius 2 is 2.00 bits per heavy atom.